The second-order valence-corrected chi connectivity index (χ2v) is 4.38. The number of benzene rings is 2. The molecule has 0 fully saturated rings. The molecule has 0 spiro atoms. The van der Waals surface area contributed by atoms with Gasteiger partial charge in [0.05, 0.1) is 11.7 Å². The Bertz CT molecular complexity index is 481. The molecule has 2 heteroatoms. The highest BCUT2D eigenvalue weighted by atomic mass is 19.1. The molecular formula is C16H18FN. The second kappa shape index (κ2) is 6.20. The number of para-hydroxylation sites is 1. The first-order valence-corrected chi connectivity index (χ1v) is 6.37. The van der Waals surface area contributed by atoms with E-state index in [2.05, 4.69) is 24.4 Å². The lowest BCUT2D eigenvalue weighted by Gasteiger charge is -2.20. The van der Waals surface area contributed by atoms with E-state index in [1.807, 2.05) is 24.3 Å². The van der Waals surface area contributed by atoms with Crippen LogP contribution in [-0.4, -0.2) is 0 Å². The summed E-state index contributed by atoms with van der Waals surface area (Å²) in [6.07, 6.45) is 2.04. The predicted octanol–water partition coefficient (Wildman–Crippen LogP) is 4.78. The molecule has 1 N–H and O–H groups in total. The minimum absolute atomic E-state index is 0.160. The molecule has 1 unspecified atom stereocenters. The third-order valence-electron chi connectivity index (χ3n) is 2.98. The van der Waals surface area contributed by atoms with Crippen LogP contribution in [-0.2, 0) is 0 Å². The van der Waals surface area contributed by atoms with E-state index in [-0.39, 0.29) is 11.9 Å². The molecule has 0 saturated carbocycles. The largest absolute Gasteiger partial charge is 0.376 e. The standard InChI is InChI=1S/C16H18FN/c1-2-8-15(13-9-4-3-5-10-13)18-16-12-7-6-11-14(16)17/h3-7,9-12,15,18H,2,8H2,1H3. The van der Waals surface area contributed by atoms with E-state index in [9.17, 15) is 4.39 Å². The van der Waals surface area contributed by atoms with Crippen LogP contribution in [0, 0.1) is 5.82 Å². The quantitative estimate of drug-likeness (QED) is 0.797. The Hall–Kier alpha value is -1.83. The van der Waals surface area contributed by atoms with Gasteiger partial charge in [0.25, 0.3) is 0 Å². The van der Waals surface area contributed by atoms with Gasteiger partial charge < -0.3 is 5.32 Å². The van der Waals surface area contributed by atoms with E-state index in [1.54, 1.807) is 12.1 Å². The van der Waals surface area contributed by atoms with Crippen molar-refractivity contribution in [2.24, 2.45) is 0 Å². The van der Waals surface area contributed by atoms with Gasteiger partial charge in [0.1, 0.15) is 5.82 Å². The number of rotatable bonds is 5. The molecule has 1 atom stereocenters. The van der Waals surface area contributed by atoms with Crippen molar-refractivity contribution >= 4 is 5.69 Å². The van der Waals surface area contributed by atoms with Gasteiger partial charge in [-0.2, -0.15) is 0 Å². The lowest BCUT2D eigenvalue weighted by Crippen LogP contribution is -2.11. The first-order chi connectivity index (χ1) is 8.81. The molecule has 2 aromatic rings. The van der Waals surface area contributed by atoms with Crippen molar-refractivity contribution in [3.05, 3.63) is 66.0 Å². The second-order valence-electron chi connectivity index (χ2n) is 4.38. The number of hydrogen-bond donors (Lipinski definition) is 1. The average molecular weight is 243 g/mol. The van der Waals surface area contributed by atoms with E-state index in [0.717, 1.165) is 12.8 Å². The highest BCUT2D eigenvalue weighted by Gasteiger charge is 2.11. The highest BCUT2D eigenvalue weighted by molar-refractivity contribution is 5.46. The molecular weight excluding hydrogens is 225 g/mol. The van der Waals surface area contributed by atoms with Crippen molar-refractivity contribution in [1.29, 1.82) is 0 Å². The van der Waals surface area contributed by atoms with Gasteiger partial charge in [-0.05, 0) is 24.1 Å². The van der Waals surface area contributed by atoms with Crippen LogP contribution in [0.4, 0.5) is 10.1 Å². The van der Waals surface area contributed by atoms with E-state index in [0.29, 0.717) is 5.69 Å². The van der Waals surface area contributed by atoms with Gasteiger partial charge in [0.2, 0.25) is 0 Å². The topological polar surface area (TPSA) is 12.0 Å². The third-order valence-corrected chi connectivity index (χ3v) is 2.98. The molecule has 2 aromatic carbocycles. The molecule has 0 heterocycles. The van der Waals surface area contributed by atoms with Crippen molar-refractivity contribution in [2.45, 2.75) is 25.8 Å². The van der Waals surface area contributed by atoms with Crippen LogP contribution in [0.5, 0.6) is 0 Å². The summed E-state index contributed by atoms with van der Waals surface area (Å²) in [5.74, 6) is -0.200. The van der Waals surface area contributed by atoms with Gasteiger partial charge in [-0.1, -0.05) is 55.8 Å². The zero-order valence-corrected chi connectivity index (χ0v) is 10.6. The van der Waals surface area contributed by atoms with Crippen molar-refractivity contribution < 1.29 is 4.39 Å². The summed E-state index contributed by atoms with van der Waals surface area (Å²) in [6.45, 7) is 2.14. The normalized spacial score (nSPS) is 12.1. The van der Waals surface area contributed by atoms with Crippen molar-refractivity contribution in [3.8, 4) is 0 Å². The fourth-order valence-electron chi connectivity index (χ4n) is 2.06. The van der Waals surface area contributed by atoms with Crippen molar-refractivity contribution in [1.82, 2.24) is 0 Å². The fraction of sp³-hybridized carbons (Fsp3) is 0.250. The molecule has 0 bridgehead atoms. The van der Waals surface area contributed by atoms with Gasteiger partial charge in [0.15, 0.2) is 0 Å². The minimum atomic E-state index is -0.200. The Balaban J connectivity index is 2.19. The van der Waals surface area contributed by atoms with E-state index >= 15 is 0 Å². The monoisotopic (exact) mass is 243 g/mol. The Morgan fingerprint density at radius 1 is 1.00 bits per heavy atom. The smallest absolute Gasteiger partial charge is 0.146 e. The third kappa shape index (κ3) is 3.10. The summed E-state index contributed by atoms with van der Waals surface area (Å²) in [7, 11) is 0. The maximum atomic E-state index is 13.6. The molecule has 18 heavy (non-hydrogen) atoms. The van der Waals surface area contributed by atoms with Gasteiger partial charge in [0, 0.05) is 0 Å². The summed E-state index contributed by atoms with van der Waals surface area (Å²) in [4.78, 5) is 0. The summed E-state index contributed by atoms with van der Waals surface area (Å²) in [5.41, 5.74) is 1.77. The van der Waals surface area contributed by atoms with Gasteiger partial charge >= 0.3 is 0 Å². The number of anilines is 1. The van der Waals surface area contributed by atoms with Crippen LogP contribution >= 0.6 is 0 Å². The molecule has 0 aliphatic carbocycles. The summed E-state index contributed by atoms with van der Waals surface area (Å²) in [5, 5.41) is 3.29. The van der Waals surface area contributed by atoms with E-state index in [4.69, 9.17) is 0 Å². The van der Waals surface area contributed by atoms with Crippen LogP contribution in [0.15, 0.2) is 54.6 Å². The SMILES string of the molecule is CCCC(Nc1ccccc1F)c1ccccc1. The molecule has 0 aromatic heterocycles. The molecule has 0 aliphatic heterocycles. The number of hydrogen-bond acceptors (Lipinski definition) is 1. The van der Waals surface area contributed by atoms with Crippen LogP contribution in [0.2, 0.25) is 0 Å². The van der Waals surface area contributed by atoms with Crippen molar-refractivity contribution in [2.75, 3.05) is 5.32 Å². The highest BCUT2D eigenvalue weighted by Crippen LogP contribution is 2.25. The minimum Gasteiger partial charge on any atom is -0.376 e. The Morgan fingerprint density at radius 3 is 2.33 bits per heavy atom. The molecule has 94 valence electrons. The van der Waals surface area contributed by atoms with Crippen LogP contribution in [0.1, 0.15) is 31.4 Å². The molecule has 0 aliphatic rings. The maximum Gasteiger partial charge on any atom is 0.146 e. The number of halogens is 1. The zero-order valence-electron chi connectivity index (χ0n) is 10.6. The van der Waals surface area contributed by atoms with E-state index < -0.39 is 0 Å². The molecule has 1 nitrogen and oxygen atoms in total. The predicted molar refractivity (Wildman–Crippen MR) is 74.1 cm³/mol. The molecule has 0 radical (unpaired) electrons. The Morgan fingerprint density at radius 2 is 1.67 bits per heavy atom. The summed E-state index contributed by atoms with van der Waals surface area (Å²) < 4.78 is 13.6. The van der Waals surface area contributed by atoms with Crippen LogP contribution in [0.3, 0.4) is 0 Å². The molecule has 0 saturated heterocycles. The Labute approximate surface area is 108 Å². The average Bonchev–Trinajstić information content (AvgIpc) is 2.42. The van der Waals surface area contributed by atoms with Gasteiger partial charge in [-0.25, -0.2) is 4.39 Å². The first-order valence-electron chi connectivity index (χ1n) is 6.37. The molecule has 2 rings (SSSR count). The van der Waals surface area contributed by atoms with Crippen LogP contribution < -0.4 is 5.32 Å². The van der Waals surface area contributed by atoms with Crippen LogP contribution in [0.25, 0.3) is 0 Å². The first kappa shape index (κ1) is 12.6. The lowest BCUT2D eigenvalue weighted by molar-refractivity contribution is 0.618. The maximum absolute atomic E-state index is 13.6. The zero-order chi connectivity index (χ0) is 12.8. The van der Waals surface area contributed by atoms with Gasteiger partial charge in [-0.3, -0.25) is 0 Å². The Kier molecular flexibility index (Phi) is 4.35. The summed E-state index contributed by atoms with van der Waals surface area (Å²) >= 11 is 0. The fourth-order valence-corrected chi connectivity index (χ4v) is 2.06. The lowest BCUT2D eigenvalue weighted by atomic mass is 10.0. The van der Waals surface area contributed by atoms with Crippen molar-refractivity contribution in [3.63, 3.8) is 0 Å². The molecule has 0 amide bonds. The number of nitrogens with one attached hydrogen (secondary N) is 1. The summed E-state index contributed by atoms with van der Waals surface area (Å²) in [6, 6.07) is 17.2. The van der Waals surface area contributed by atoms with E-state index in [1.165, 1.54) is 11.6 Å². The van der Waals surface area contributed by atoms with Gasteiger partial charge in [-0.15, -0.1) is 0 Å².